The number of aromatic hydroxyl groups is 1. The highest BCUT2D eigenvalue weighted by molar-refractivity contribution is 7.80. The predicted octanol–water partition coefficient (Wildman–Crippen LogP) is 0.311. The Kier molecular flexibility index (Phi) is 41.3. The van der Waals surface area contributed by atoms with Crippen LogP contribution in [0.1, 0.15) is 121 Å². The lowest BCUT2D eigenvalue weighted by Gasteiger charge is -2.31. The summed E-state index contributed by atoms with van der Waals surface area (Å²) in [4.78, 5) is 197. The molecule has 12 amide bonds. The number of hydrogen-bond donors (Lipinski definition) is 21. The van der Waals surface area contributed by atoms with Crippen molar-refractivity contribution in [3.63, 3.8) is 0 Å². The number of carboxylic acids is 2. The number of benzene rings is 5. The number of phenols is 1. The lowest BCUT2D eigenvalue weighted by Crippen LogP contribution is -2.62. The number of aliphatic carboxylic acids is 2. The maximum atomic E-state index is 15.0. The minimum Gasteiger partial charge on any atom is -0.508 e. The van der Waals surface area contributed by atoms with Gasteiger partial charge in [-0.2, -0.15) is 12.6 Å². The zero-order valence-electron chi connectivity index (χ0n) is 67.3. The largest absolute Gasteiger partial charge is 0.508 e. The van der Waals surface area contributed by atoms with Gasteiger partial charge in [-0.25, -0.2) is 4.79 Å². The highest BCUT2D eigenvalue weighted by Crippen LogP contribution is 2.18. The second-order valence-corrected chi connectivity index (χ2v) is 29.9. The number of carbonyl (C=O) groups excluding carboxylic acids is 12. The van der Waals surface area contributed by atoms with E-state index in [1.807, 2.05) is 0 Å². The predicted molar refractivity (Wildman–Crippen MR) is 444 cm³/mol. The Labute approximate surface area is 692 Å². The zero-order valence-corrected chi connectivity index (χ0v) is 68.2. The van der Waals surface area contributed by atoms with Crippen LogP contribution in [0.4, 0.5) is 0 Å². The summed E-state index contributed by atoms with van der Waals surface area (Å²) in [7, 11) is 0. The molecule has 35 heteroatoms. The van der Waals surface area contributed by atoms with E-state index < -0.39 is 193 Å². The summed E-state index contributed by atoms with van der Waals surface area (Å²) < 4.78 is 0. The van der Waals surface area contributed by atoms with Crippen molar-refractivity contribution >= 4 is 101 Å². The smallest absolute Gasteiger partial charge is 0.326 e. The molecule has 0 saturated carbocycles. The van der Waals surface area contributed by atoms with Crippen LogP contribution in [0.25, 0.3) is 0 Å². The molecule has 0 heterocycles. The van der Waals surface area contributed by atoms with E-state index >= 15 is 9.59 Å². The van der Waals surface area contributed by atoms with Crippen molar-refractivity contribution < 1.29 is 82.4 Å². The molecular formula is C83H115N17O17S. The number of phenolic OH excluding ortho intramolecular Hbond substituents is 1. The Balaban J connectivity index is 1.39. The van der Waals surface area contributed by atoms with Crippen LogP contribution in [0.2, 0.25) is 0 Å². The van der Waals surface area contributed by atoms with Crippen LogP contribution in [-0.2, 0) is 99.2 Å². The number of unbranched alkanes of at least 4 members (excludes halogenated alkanes) is 1. The van der Waals surface area contributed by atoms with Gasteiger partial charge in [-0.15, -0.1) is 0 Å². The number of rotatable bonds is 51. The Morgan fingerprint density at radius 2 is 0.754 bits per heavy atom. The highest BCUT2D eigenvalue weighted by atomic mass is 32.1. The molecule has 5 rings (SSSR count). The van der Waals surface area contributed by atoms with Crippen LogP contribution in [0.3, 0.4) is 0 Å². The maximum absolute atomic E-state index is 15.0. The van der Waals surface area contributed by atoms with Crippen molar-refractivity contribution in [1.82, 2.24) is 69.1 Å². The average Bonchev–Trinajstić information content (AvgIpc) is 0.845. The normalized spacial score (nSPS) is 14.4. The first-order valence-corrected chi connectivity index (χ1v) is 40.0. The van der Waals surface area contributed by atoms with E-state index in [9.17, 15) is 72.9 Å². The molecule has 34 nitrogen and oxygen atoms in total. The lowest BCUT2D eigenvalue weighted by atomic mass is 9.95. The number of nitrogens with two attached hydrogens (primary N) is 3. The Bertz CT molecular complexity index is 4140. The standard InChI is InChI=1S/C83H115N17O17S/c1-7-50(6)70(100-80(114)69(49(4)5)99-77(111)63(44-55-33-35-56(101)36-34-55)96-78(112)65(47-118)90-66(102)46-89-71(105)60(41-51-23-12-8-13-24-51)97-79(113)68(85)48(2)3)81(115)93-58(32-22-40-88-83(86)87)72(106)91-57(31-20-21-39-84)73(107)94-62(43-53-27-16-10-17-28-53)76(110)95-61(42-52-25-14-9-15-26-52)75(109)92-59(37-38-67(103)104)74(108)98-64(82(116)117)45-54-29-18-11-19-30-54/h8-19,23-30,33-36,48-50,57-65,68-70,101,118H,7,20-22,31-32,37-47,84-85H2,1-6H3,(H,89,105)(H,90,102)(H,91,106)(H,92,109)(H,93,115)(H,94,107)(H,95,110)(H,96,112)(H,97,113)(H,98,108)(H,99,111)(H,100,114)(H,103,104)(H,116,117)(H4,86,87,88)/t50-,57-,58-,59-,60-,61-,62-,63-,64-,65-,68-,69-,70-/m0/s1. The molecule has 0 aliphatic rings. The van der Waals surface area contributed by atoms with E-state index in [2.05, 4.69) is 81.7 Å². The molecule has 0 radical (unpaired) electrons. The monoisotopic (exact) mass is 1650 g/mol. The first kappa shape index (κ1) is 96.6. The SMILES string of the molecule is CC[C@H](C)[C@H](NC(=O)[C@@H](NC(=O)[C@H](Cc1ccc(O)cc1)NC(=O)[C@H](CS)NC(=O)CNC(=O)[C@H](Cc1ccccc1)NC(=O)[C@@H](N)C(C)C)C(C)C)C(=O)N[C@@H](CCCNC(=N)N)C(=O)N[C@@H](CCCCN)C(=O)N[C@@H](Cc1ccccc1)C(=O)N[C@@H](Cc1ccccc1)C(=O)N[C@@H](CCC(=O)O)C(=O)N[C@@H](Cc1ccccc1)C(=O)O. The van der Waals surface area contributed by atoms with Crippen molar-refractivity contribution in [1.29, 1.82) is 5.41 Å². The molecular weight excluding hydrogens is 1540 g/mol. The van der Waals surface area contributed by atoms with Gasteiger partial charge in [-0.1, -0.05) is 181 Å². The van der Waals surface area contributed by atoms with Crippen LogP contribution < -0.4 is 86.3 Å². The van der Waals surface area contributed by atoms with E-state index in [1.54, 1.807) is 163 Å². The molecule has 5 aromatic carbocycles. The summed E-state index contributed by atoms with van der Waals surface area (Å²) in [5.74, 6) is -15.7. The van der Waals surface area contributed by atoms with Crippen LogP contribution in [-0.4, -0.2) is 202 Å². The summed E-state index contributed by atoms with van der Waals surface area (Å²) in [6.07, 6.45) is -1.19. The first-order valence-electron chi connectivity index (χ1n) is 39.3. The Morgan fingerprint density at radius 3 is 1.16 bits per heavy atom. The molecule has 118 heavy (non-hydrogen) atoms. The number of carbonyl (C=O) groups is 14. The van der Waals surface area contributed by atoms with Gasteiger partial charge in [0.05, 0.1) is 12.6 Å². The van der Waals surface area contributed by atoms with Crippen molar-refractivity contribution in [3.05, 3.63) is 173 Å². The first-order chi connectivity index (χ1) is 56.2. The maximum Gasteiger partial charge on any atom is 0.326 e. The van der Waals surface area contributed by atoms with Gasteiger partial charge in [0.2, 0.25) is 70.9 Å². The fraction of sp³-hybridized carbons (Fsp3) is 0.458. The molecule has 0 spiro atoms. The Morgan fingerprint density at radius 1 is 0.398 bits per heavy atom. The van der Waals surface area contributed by atoms with Gasteiger partial charge in [0.15, 0.2) is 5.96 Å². The number of nitrogens with one attached hydrogen (secondary N) is 14. The fourth-order valence-corrected chi connectivity index (χ4v) is 12.6. The van der Waals surface area contributed by atoms with Gasteiger partial charge in [-0.3, -0.25) is 67.7 Å². The third kappa shape index (κ3) is 34.1. The Hall–Kier alpha value is -12.0. The number of carboxylic acid groups (broad SMARTS) is 2. The summed E-state index contributed by atoms with van der Waals surface area (Å²) in [5.41, 5.74) is 20.4. The summed E-state index contributed by atoms with van der Waals surface area (Å²) >= 11 is 4.31. The molecule has 5 aromatic rings. The van der Waals surface area contributed by atoms with Crippen molar-refractivity contribution in [2.24, 2.45) is 35.0 Å². The third-order valence-corrected chi connectivity index (χ3v) is 19.8. The van der Waals surface area contributed by atoms with Crippen molar-refractivity contribution in [3.8, 4) is 5.75 Å². The lowest BCUT2D eigenvalue weighted by molar-refractivity contribution is -0.143. The molecule has 23 N–H and O–H groups in total. The van der Waals surface area contributed by atoms with Gasteiger partial charge < -0.3 is 102 Å². The zero-order chi connectivity index (χ0) is 87.0. The minimum atomic E-state index is -1.63. The summed E-state index contributed by atoms with van der Waals surface area (Å²) in [6, 6.07) is 22.7. The molecule has 0 fully saturated rings. The second-order valence-electron chi connectivity index (χ2n) is 29.5. The third-order valence-electron chi connectivity index (χ3n) is 19.4. The topological polar surface area (TPSA) is 558 Å². The van der Waals surface area contributed by atoms with Gasteiger partial charge in [0, 0.05) is 50.8 Å². The quantitative estimate of drug-likeness (QED) is 0.0108. The van der Waals surface area contributed by atoms with E-state index in [-0.39, 0.29) is 94.7 Å². The van der Waals surface area contributed by atoms with Crippen LogP contribution in [0, 0.1) is 23.2 Å². The van der Waals surface area contributed by atoms with Crippen LogP contribution in [0.5, 0.6) is 5.75 Å². The second kappa shape index (κ2) is 50.5. The fourth-order valence-electron chi connectivity index (χ4n) is 12.3. The van der Waals surface area contributed by atoms with E-state index in [0.717, 1.165) is 0 Å². The molecule has 0 aliphatic carbocycles. The van der Waals surface area contributed by atoms with Crippen LogP contribution in [0.15, 0.2) is 146 Å². The van der Waals surface area contributed by atoms with E-state index in [1.165, 1.54) is 24.3 Å². The van der Waals surface area contributed by atoms with Gasteiger partial charge in [0.25, 0.3) is 0 Å². The molecule has 640 valence electrons. The number of guanidine groups is 1. The van der Waals surface area contributed by atoms with Crippen molar-refractivity contribution in [2.45, 2.75) is 198 Å². The molecule has 0 bridgehead atoms. The summed E-state index contributed by atoms with van der Waals surface area (Å²) in [5, 5.41) is 72.2. The van der Waals surface area contributed by atoms with E-state index in [0.29, 0.717) is 34.2 Å². The average molecular weight is 1660 g/mol. The molecule has 13 atom stereocenters. The number of thiol groups is 1. The van der Waals surface area contributed by atoms with Gasteiger partial charge in [0.1, 0.15) is 72.2 Å². The van der Waals surface area contributed by atoms with E-state index in [4.69, 9.17) is 22.6 Å². The van der Waals surface area contributed by atoms with Gasteiger partial charge in [-0.05, 0) is 103 Å². The molecule has 0 aliphatic heterocycles. The number of amides is 12. The molecule has 0 unspecified atom stereocenters. The summed E-state index contributed by atoms with van der Waals surface area (Å²) in [6.45, 7) is 9.63. The van der Waals surface area contributed by atoms with Gasteiger partial charge >= 0.3 is 11.9 Å². The molecule has 0 aromatic heterocycles. The highest BCUT2D eigenvalue weighted by Gasteiger charge is 2.39. The molecule has 0 saturated heterocycles. The van der Waals surface area contributed by atoms with Crippen molar-refractivity contribution in [2.75, 3.05) is 25.4 Å². The van der Waals surface area contributed by atoms with Crippen LogP contribution >= 0.6 is 12.6 Å². The minimum absolute atomic E-state index is 0.0265. The number of hydrogen-bond acceptors (Lipinski definition) is 19.